The Hall–Kier alpha value is -2.19. The Balaban J connectivity index is 1.46. The molecule has 30 heavy (non-hydrogen) atoms. The fraction of sp³-hybridized carbons (Fsp3) is 0.0909. The van der Waals surface area contributed by atoms with E-state index in [2.05, 4.69) is 0 Å². The number of thiocarbonyl (C=S) groups is 1. The molecule has 4 rings (SSSR count). The monoisotopic (exact) mass is 473 g/mol. The van der Waals surface area contributed by atoms with Crippen LogP contribution >= 0.6 is 47.3 Å². The number of nitrogens with zero attached hydrogens (tertiary/aromatic N) is 1. The molecule has 0 radical (unpaired) electrons. The van der Waals surface area contributed by atoms with Crippen molar-refractivity contribution in [3.05, 3.63) is 81.9 Å². The summed E-state index contributed by atoms with van der Waals surface area (Å²) < 4.78 is 11.6. The predicted molar refractivity (Wildman–Crippen MR) is 128 cm³/mol. The molecular formula is C22H16ClNO3S3. The third kappa shape index (κ3) is 4.75. The zero-order chi connectivity index (χ0) is 21.1. The minimum absolute atomic E-state index is 0.176. The van der Waals surface area contributed by atoms with Crippen LogP contribution in [0.4, 0.5) is 5.69 Å². The zero-order valence-electron chi connectivity index (χ0n) is 15.8. The quantitative estimate of drug-likeness (QED) is 0.227. The molecule has 0 bridgehead atoms. The highest BCUT2D eigenvalue weighted by molar-refractivity contribution is 8.27. The van der Waals surface area contributed by atoms with Crippen molar-refractivity contribution < 1.29 is 13.9 Å². The second-order valence-electron chi connectivity index (χ2n) is 6.29. The molecule has 2 aromatic carbocycles. The van der Waals surface area contributed by atoms with E-state index in [1.165, 1.54) is 16.7 Å². The van der Waals surface area contributed by atoms with Gasteiger partial charge in [0.1, 0.15) is 11.5 Å². The summed E-state index contributed by atoms with van der Waals surface area (Å²) in [5.74, 6) is 1.87. The molecule has 1 aliphatic rings. The molecule has 1 amide bonds. The molecule has 3 aromatic rings. The van der Waals surface area contributed by atoms with E-state index < -0.39 is 0 Å². The Kier molecular flexibility index (Phi) is 6.53. The van der Waals surface area contributed by atoms with E-state index in [0.717, 1.165) is 21.4 Å². The van der Waals surface area contributed by atoms with Crippen LogP contribution in [0.3, 0.4) is 0 Å². The largest absolute Gasteiger partial charge is 0.497 e. The molecule has 0 spiro atoms. The lowest BCUT2D eigenvalue weighted by Gasteiger charge is -2.15. The molecule has 4 nitrogen and oxygen atoms in total. The summed E-state index contributed by atoms with van der Waals surface area (Å²) in [6.07, 6.45) is 1.73. The Morgan fingerprint density at radius 1 is 1.20 bits per heavy atom. The van der Waals surface area contributed by atoms with Crippen LogP contribution < -0.4 is 9.64 Å². The number of thioether (sulfide) groups is 2. The second kappa shape index (κ2) is 9.31. The third-order valence-electron chi connectivity index (χ3n) is 4.28. The molecular weight excluding hydrogens is 458 g/mol. The first-order valence-electron chi connectivity index (χ1n) is 8.92. The standard InChI is InChI=1S/C22H16ClNO3S3/c1-26-17-4-2-3-16(11-17)24-21(25)19(30-22(24)28)12-18-9-10-20(27-18)29-13-14-5-7-15(23)8-6-14/h2-12H,13H2,1H3/b19-12-. The highest BCUT2D eigenvalue weighted by Gasteiger charge is 2.33. The van der Waals surface area contributed by atoms with E-state index >= 15 is 0 Å². The molecule has 0 saturated carbocycles. The molecule has 152 valence electrons. The van der Waals surface area contributed by atoms with Gasteiger partial charge in [-0.05, 0) is 42.0 Å². The number of benzene rings is 2. The summed E-state index contributed by atoms with van der Waals surface area (Å²) in [7, 11) is 1.59. The number of hydrogen-bond acceptors (Lipinski definition) is 6. The summed E-state index contributed by atoms with van der Waals surface area (Å²) in [5.41, 5.74) is 1.83. The van der Waals surface area contributed by atoms with E-state index in [0.29, 0.717) is 26.4 Å². The smallest absolute Gasteiger partial charge is 0.270 e. The molecule has 0 N–H and O–H groups in total. The normalized spacial score (nSPS) is 15.3. The van der Waals surface area contributed by atoms with Gasteiger partial charge in [-0.25, -0.2) is 0 Å². The van der Waals surface area contributed by atoms with Crippen LogP contribution in [0.5, 0.6) is 5.75 Å². The van der Waals surface area contributed by atoms with Gasteiger partial charge in [0.05, 0.1) is 17.7 Å². The lowest BCUT2D eigenvalue weighted by molar-refractivity contribution is -0.113. The van der Waals surface area contributed by atoms with Crippen LogP contribution in [0.25, 0.3) is 6.08 Å². The topological polar surface area (TPSA) is 42.7 Å². The SMILES string of the molecule is COc1cccc(N2C(=O)/C(=C/c3ccc(SCc4ccc(Cl)cc4)o3)SC2=S)c1. The Morgan fingerprint density at radius 2 is 2.00 bits per heavy atom. The van der Waals surface area contributed by atoms with Crippen LogP contribution in [0.2, 0.25) is 5.02 Å². The molecule has 2 heterocycles. The van der Waals surface area contributed by atoms with Crippen molar-refractivity contribution in [1.82, 2.24) is 0 Å². The number of methoxy groups -OCH3 is 1. The van der Waals surface area contributed by atoms with Crippen molar-refractivity contribution in [2.45, 2.75) is 10.8 Å². The van der Waals surface area contributed by atoms with Crippen molar-refractivity contribution >= 4 is 69.3 Å². The number of ether oxygens (including phenoxy) is 1. The number of carbonyl (C=O) groups is 1. The number of carbonyl (C=O) groups excluding carboxylic acids is 1. The molecule has 0 atom stereocenters. The second-order valence-corrected chi connectivity index (χ2v) is 9.38. The van der Waals surface area contributed by atoms with Gasteiger partial charge >= 0.3 is 0 Å². The van der Waals surface area contributed by atoms with Crippen LogP contribution in [0.1, 0.15) is 11.3 Å². The van der Waals surface area contributed by atoms with Crippen LogP contribution in [0.15, 0.2) is 75.1 Å². The van der Waals surface area contributed by atoms with Gasteiger partial charge in [-0.1, -0.05) is 65.5 Å². The van der Waals surface area contributed by atoms with Crippen molar-refractivity contribution in [3.63, 3.8) is 0 Å². The molecule has 1 aromatic heterocycles. The van der Waals surface area contributed by atoms with Gasteiger partial charge in [0.2, 0.25) is 0 Å². The first-order valence-corrected chi connectivity index (χ1v) is 11.5. The lowest BCUT2D eigenvalue weighted by Crippen LogP contribution is -2.27. The Morgan fingerprint density at radius 3 is 2.77 bits per heavy atom. The van der Waals surface area contributed by atoms with E-state index in [1.807, 2.05) is 54.6 Å². The summed E-state index contributed by atoms with van der Waals surface area (Å²) in [6.45, 7) is 0. The van der Waals surface area contributed by atoms with E-state index in [1.54, 1.807) is 31.0 Å². The van der Waals surface area contributed by atoms with Crippen molar-refractivity contribution in [1.29, 1.82) is 0 Å². The van der Waals surface area contributed by atoms with Gasteiger partial charge in [-0.15, -0.1) is 0 Å². The number of amides is 1. The average molecular weight is 474 g/mol. The zero-order valence-corrected chi connectivity index (χ0v) is 19.0. The molecule has 1 saturated heterocycles. The maximum atomic E-state index is 12.9. The fourth-order valence-corrected chi connectivity index (χ4v) is 5.02. The first kappa shape index (κ1) is 21.1. The number of halogens is 1. The van der Waals surface area contributed by atoms with Crippen molar-refractivity contribution in [2.24, 2.45) is 0 Å². The lowest BCUT2D eigenvalue weighted by atomic mass is 10.2. The summed E-state index contributed by atoms with van der Waals surface area (Å²) in [5, 5.41) is 1.50. The van der Waals surface area contributed by atoms with E-state index in [-0.39, 0.29) is 5.91 Å². The molecule has 1 fully saturated rings. The van der Waals surface area contributed by atoms with Gasteiger partial charge < -0.3 is 9.15 Å². The van der Waals surface area contributed by atoms with Crippen LogP contribution in [0, 0.1) is 0 Å². The van der Waals surface area contributed by atoms with Gasteiger partial charge in [0.15, 0.2) is 9.41 Å². The van der Waals surface area contributed by atoms with Crippen molar-refractivity contribution in [2.75, 3.05) is 12.0 Å². The highest BCUT2D eigenvalue weighted by atomic mass is 35.5. The maximum Gasteiger partial charge on any atom is 0.270 e. The van der Waals surface area contributed by atoms with Crippen molar-refractivity contribution in [3.8, 4) is 5.75 Å². The van der Waals surface area contributed by atoms with Gasteiger partial charge in [-0.3, -0.25) is 9.69 Å². The highest BCUT2D eigenvalue weighted by Crippen LogP contribution is 2.37. The van der Waals surface area contributed by atoms with Crippen LogP contribution in [-0.4, -0.2) is 17.3 Å². The summed E-state index contributed by atoms with van der Waals surface area (Å²) in [6, 6.07) is 18.7. The van der Waals surface area contributed by atoms with Crippen LogP contribution in [-0.2, 0) is 10.5 Å². The molecule has 1 aliphatic heterocycles. The van der Waals surface area contributed by atoms with E-state index in [9.17, 15) is 4.79 Å². The molecule has 0 unspecified atom stereocenters. The number of furan rings is 1. The molecule has 8 heteroatoms. The number of anilines is 1. The number of hydrogen-bond donors (Lipinski definition) is 0. The molecule has 0 aliphatic carbocycles. The van der Waals surface area contributed by atoms with Gasteiger partial charge in [-0.2, -0.15) is 0 Å². The van der Waals surface area contributed by atoms with Gasteiger partial charge in [0, 0.05) is 22.9 Å². The maximum absolute atomic E-state index is 12.9. The minimum Gasteiger partial charge on any atom is -0.497 e. The van der Waals surface area contributed by atoms with Gasteiger partial charge in [0.25, 0.3) is 5.91 Å². The Labute approximate surface area is 193 Å². The third-order valence-corrected chi connectivity index (χ3v) is 6.81. The first-order chi connectivity index (χ1) is 14.5. The Bertz CT molecular complexity index is 1120. The predicted octanol–water partition coefficient (Wildman–Crippen LogP) is 6.64. The summed E-state index contributed by atoms with van der Waals surface area (Å²) >= 11 is 14.2. The number of rotatable bonds is 6. The van der Waals surface area contributed by atoms with E-state index in [4.69, 9.17) is 33.0 Å². The fourth-order valence-electron chi connectivity index (χ4n) is 2.79. The minimum atomic E-state index is -0.176. The average Bonchev–Trinajstić information content (AvgIpc) is 3.31. The summed E-state index contributed by atoms with van der Waals surface area (Å²) in [4.78, 5) is 14.9.